The molecule has 0 saturated heterocycles. The average molecular weight is 242 g/mol. The molecule has 2 N–H and O–H groups in total. The lowest BCUT2D eigenvalue weighted by Crippen LogP contribution is -2.15. The number of methoxy groups -OCH3 is 1. The number of ether oxygens (including phenoxy) is 1. The van der Waals surface area contributed by atoms with Gasteiger partial charge in [0.25, 0.3) is 0 Å². The molecular weight excluding hydrogens is 228 g/mol. The maximum atomic E-state index is 11.9. The summed E-state index contributed by atoms with van der Waals surface area (Å²) in [5.41, 5.74) is 8.92. The van der Waals surface area contributed by atoms with Crippen LogP contribution in [0, 0.1) is 0 Å². The molecule has 1 aromatic carbocycles. The number of nitrogens with two attached hydrogens (primary N) is 1. The Bertz CT molecular complexity index is 650. The van der Waals surface area contributed by atoms with E-state index in [4.69, 9.17) is 10.5 Å². The number of anilines is 1. The number of aryl methyl sites for hydroxylation is 1. The molecule has 1 aliphatic carbocycles. The van der Waals surface area contributed by atoms with E-state index in [0.29, 0.717) is 17.7 Å². The Labute approximate surface area is 105 Å². The molecule has 0 unspecified atom stereocenters. The van der Waals surface area contributed by atoms with Crippen molar-refractivity contribution in [1.82, 2.24) is 4.98 Å². The summed E-state index contributed by atoms with van der Waals surface area (Å²) in [5.74, 6) is 0.857. The third-order valence-electron chi connectivity index (χ3n) is 3.40. The van der Waals surface area contributed by atoms with Crippen LogP contribution in [0.5, 0.6) is 5.75 Å². The molecule has 4 nitrogen and oxygen atoms in total. The van der Waals surface area contributed by atoms with Crippen molar-refractivity contribution in [3.63, 3.8) is 0 Å². The van der Waals surface area contributed by atoms with Crippen LogP contribution < -0.4 is 10.5 Å². The average Bonchev–Trinajstić information content (AvgIpc) is 2.38. The van der Waals surface area contributed by atoms with Gasteiger partial charge in [-0.15, -0.1) is 0 Å². The Kier molecular flexibility index (Phi) is 2.44. The number of Topliss-reactive ketones (excluding diaryl/α,β-unsaturated/α-hetero) is 1. The first-order chi connectivity index (χ1) is 8.70. The minimum Gasteiger partial charge on any atom is -0.497 e. The van der Waals surface area contributed by atoms with Gasteiger partial charge in [0.2, 0.25) is 0 Å². The molecule has 4 heteroatoms. The molecule has 3 rings (SSSR count). The Morgan fingerprint density at radius 1 is 1.33 bits per heavy atom. The molecular formula is C14H14N2O2. The summed E-state index contributed by atoms with van der Waals surface area (Å²) in [7, 11) is 1.62. The first-order valence-corrected chi connectivity index (χ1v) is 6.00. The summed E-state index contributed by atoms with van der Waals surface area (Å²) in [4.78, 5) is 16.5. The standard InChI is InChI=1S/C14H14N2O2/c1-18-8-5-6-9-11(7-8)16-10-3-2-4-12(17)13(10)14(9)15/h5-7H,2-4H2,1H3,(H2,15,16). The minimum atomic E-state index is 0.110. The fraction of sp³-hybridized carbons (Fsp3) is 0.286. The topological polar surface area (TPSA) is 65.2 Å². The van der Waals surface area contributed by atoms with Crippen molar-refractivity contribution in [2.45, 2.75) is 19.3 Å². The van der Waals surface area contributed by atoms with Crippen LogP contribution in [0.3, 0.4) is 0 Å². The summed E-state index contributed by atoms with van der Waals surface area (Å²) in [5, 5.41) is 0.824. The summed E-state index contributed by atoms with van der Waals surface area (Å²) in [6.07, 6.45) is 2.24. The number of hydrogen-bond acceptors (Lipinski definition) is 4. The van der Waals surface area contributed by atoms with Crippen LogP contribution in [0.4, 0.5) is 5.69 Å². The number of benzene rings is 1. The molecule has 1 aromatic heterocycles. The lowest BCUT2D eigenvalue weighted by atomic mass is 9.92. The lowest BCUT2D eigenvalue weighted by molar-refractivity contribution is 0.0973. The van der Waals surface area contributed by atoms with Gasteiger partial charge in [-0.25, -0.2) is 0 Å². The van der Waals surface area contributed by atoms with E-state index < -0.39 is 0 Å². The molecule has 0 saturated carbocycles. The van der Waals surface area contributed by atoms with Crippen LogP contribution in [0.1, 0.15) is 28.9 Å². The largest absolute Gasteiger partial charge is 0.497 e. The molecule has 0 atom stereocenters. The molecule has 1 aliphatic rings. The van der Waals surface area contributed by atoms with Gasteiger partial charge in [-0.2, -0.15) is 0 Å². The third-order valence-corrected chi connectivity index (χ3v) is 3.40. The molecule has 0 bridgehead atoms. The van der Waals surface area contributed by atoms with Gasteiger partial charge in [0.1, 0.15) is 5.75 Å². The second-order valence-electron chi connectivity index (χ2n) is 4.51. The second kappa shape index (κ2) is 3.98. The van der Waals surface area contributed by atoms with Gasteiger partial charge in [-0.1, -0.05) is 0 Å². The minimum absolute atomic E-state index is 0.110. The molecule has 0 amide bonds. The van der Waals surface area contributed by atoms with E-state index in [1.54, 1.807) is 7.11 Å². The smallest absolute Gasteiger partial charge is 0.166 e. The number of carbonyl (C=O) groups excluding carboxylic acids is 1. The first kappa shape index (κ1) is 11.0. The second-order valence-corrected chi connectivity index (χ2v) is 4.51. The third kappa shape index (κ3) is 1.53. The maximum absolute atomic E-state index is 11.9. The number of nitrogens with zero attached hydrogens (tertiary/aromatic N) is 1. The summed E-state index contributed by atoms with van der Waals surface area (Å²) in [6.45, 7) is 0. The number of carbonyl (C=O) groups is 1. The number of ketones is 1. The normalized spacial score (nSPS) is 14.6. The summed E-state index contributed by atoms with van der Waals surface area (Å²) >= 11 is 0. The van der Waals surface area contributed by atoms with Crippen LogP contribution in [-0.2, 0) is 6.42 Å². The van der Waals surface area contributed by atoms with E-state index in [1.165, 1.54) is 0 Å². The van der Waals surface area contributed by atoms with Gasteiger partial charge in [0.15, 0.2) is 5.78 Å². The number of aromatic nitrogens is 1. The monoisotopic (exact) mass is 242 g/mol. The highest BCUT2D eigenvalue weighted by atomic mass is 16.5. The zero-order chi connectivity index (χ0) is 12.7. The van der Waals surface area contributed by atoms with E-state index >= 15 is 0 Å². The SMILES string of the molecule is COc1ccc2c(N)c3c(nc2c1)CCCC3=O. The molecule has 0 radical (unpaired) electrons. The van der Waals surface area contributed by atoms with Crippen LogP contribution in [-0.4, -0.2) is 17.9 Å². The molecule has 2 aromatic rings. The Morgan fingerprint density at radius 2 is 2.17 bits per heavy atom. The lowest BCUT2D eigenvalue weighted by Gasteiger charge is -2.17. The fourth-order valence-electron chi connectivity index (χ4n) is 2.48. The van der Waals surface area contributed by atoms with Crippen LogP contribution >= 0.6 is 0 Å². The number of nitrogen functional groups attached to an aromatic ring is 1. The summed E-state index contributed by atoms with van der Waals surface area (Å²) < 4.78 is 5.18. The molecule has 0 spiro atoms. The van der Waals surface area contributed by atoms with Crippen molar-refractivity contribution in [1.29, 1.82) is 0 Å². The van der Waals surface area contributed by atoms with Crippen molar-refractivity contribution in [2.75, 3.05) is 12.8 Å². The van der Waals surface area contributed by atoms with Gasteiger partial charge in [-0.05, 0) is 25.0 Å². The Hall–Kier alpha value is -2.10. The molecule has 0 aliphatic heterocycles. The van der Waals surface area contributed by atoms with Gasteiger partial charge in [-0.3, -0.25) is 9.78 Å². The van der Waals surface area contributed by atoms with Crippen LogP contribution in [0.15, 0.2) is 18.2 Å². The van der Waals surface area contributed by atoms with Crippen molar-refractivity contribution in [3.8, 4) is 5.75 Å². The molecule has 18 heavy (non-hydrogen) atoms. The molecule has 0 fully saturated rings. The van der Waals surface area contributed by atoms with Gasteiger partial charge in [0, 0.05) is 17.9 Å². The van der Waals surface area contributed by atoms with Crippen molar-refractivity contribution < 1.29 is 9.53 Å². The predicted octanol–water partition coefficient (Wildman–Crippen LogP) is 2.34. The van der Waals surface area contributed by atoms with E-state index in [1.807, 2.05) is 18.2 Å². The van der Waals surface area contributed by atoms with Gasteiger partial charge in [0.05, 0.1) is 29.6 Å². The Morgan fingerprint density at radius 3 is 2.94 bits per heavy atom. The van der Waals surface area contributed by atoms with Crippen molar-refractivity contribution in [2.24, 2.45) is 0 Å². The van der Waals surface area contributed by atoms with E-state index in [2.05, 4.69) is 4.98 Å². The van der Waals surface area contributed by atoms with Crippen LogP contribution in [0.2, 0.25) is 0 Å². The number of rotatable bonds is 1. The predicted molar refractivity (Wildman–Crippen MR) is 70.0 cm³/mol. The highest BCUT2D eigenvalue weighted by molar-refractivity contribution is 6.09. The quantitative estimate of drug-likeness (QED) is 0.833. The maximum Gasteiger partial charge on any atom is 0.166 e. The zero-order valence-electron chi connectivity index (χ0n) is 10.2. The number of pyridine rings is 1. The molecule has 92 valence electrons. The van der Waals surface area contributed by atoms with E-state index in [-0.39, 0.29) is 5.78 Å². The highest BCUT2D eigenvalue weighted by Crippen LogP contribution is 2.32. The van der Waals surface area contributed by atoms with Gasteiger partial charge >= 0.3 is 0 Å². The van der Waals surface area contributed by atoms with Crippen LogP contribution in [0.25, 0.3) is 10.9 Å². The van der Waals surface area contributed by atoms with E-state index in [0.717, 1.165) is 35.2 Å². The summed E-state index contributed by atoms with van der Waals surface area (Å²) in [6, 6.07) is 5.55. The Balaban J connectivity index is 2.32. The fourth-order valence-corrected chi connectivity index (χ4v) is 2.48. The van der Waals surface area contributed by atoms with Crippen molar-refractivity contribution in [3.05, 3.63) is 29.5 Å². The zero-order valence-corrected chi connectivity index (χ0v) is 10.2. The van der Waals surface area contributed by atoms with Gasteiger partial charge < -0.3 is 10.5 Å². The first-order valence-electron chi connectivity index (χ1n) is 6.00. The van der Waals surface area contributed by atoms with E-state index in [9.17, 15) is 4.79 Å². The highest BCUT2D eigenvalue weighted by Gasteiger charge is 2.23. The van der Waals surface area contributed by atoms with Crippen molar-refractivity contribution >= 4 is 22.4 Å². The number of fused-ring (bicyclic) bond motifs is 2. The molecule has 1 heterocycles. The number of hydrogen-bond donors (Lipinski definition) is 1.